The molecule has 0 radical (unpaired) electrons. The number of hydrogen-bond donors (Lipinski definition) is 2. The van der Waals surface area contributed by atoms with Crippen molar-refractivity contribution in [1.82, 2.24) is 5.32 Å². The molecule has 0 saturated carbocycles. The number of carbonyl (C=O) groups is 1. The van der Waals surface area contributed by atoms with Crippen LogP contribution in [-0.2, 0) is 10.0 Å². The lowest BCUT2D eigenvalue weighted by Gasteiger charge is -2.13. The number of halogens is 2. The fourth-order valence-electron chi connectivity index (χ4n) is 1.34. The minimum Gasteiger partial charge on any atom is -0.350 e. The molecule has 19 heavy (non-hydrogen) atoms. The van der Waals surface area contributed by atoms with Gasteiger partial charge in [-0.1, -0.05) is 18.5 Å². The Morgan fingerprint density at radius 1 is 1.53 bits per heavy atom. The van der Waals surface area contributed by atoms with E-state index in [1.807, 2.05) is 6.92 Å². The van der Waals surface area contributed by atoms with Gasteiger partial charge in [-0.25, -0.2) is 17.9 Å². The van der Waals surface area contributed by atoms with Crippen LogP contribution in [0, 0.1) is 5.82 Å². The number of carbonyl (C=O) groups excluding carboxylic acids is 1. The number of primary sulfonamides is 1. The van der Waals surface area contributed by atoms with Crippen LogP contribution < -0.4 is 10.5 Å². The van der Waals surface area contributed by atoms with Crippen LogP contribution >= 0.6 is 11.6 Å². The second-order valence-electron chi connectivity index (χ2n) is 4.09. The number of amides is 1. The summed E-state index contributed by atoms with van der Waals surface area (Å²) in [4.78, 5) is 11.0. The number of rotatable bonds is 4. The molecule has 0 aliphatic carbocycles. The van der Waals surface area contributed by atoms with E-state index < -0.39 is 32.2 Å². The van der Waals surface area contributed by atoms with E-state index in [2.05, 4.69) is 5.32 Å². The highest BCUT2D eigenvalue weighted by atomic mass is 35.5. The zero-order valence-corrected chi connectivity index (χ0v) is 12.0. The molecule has 1 atom stereocenters. The van der Waals surface area contributed by atoms with Crippen LogP contribution in [0.4, 0.5) is 4.39 Å². The third-order valence-electron chi connectivity index (χ3n) is 2.55. The Bertz CT molecular complexity index is 604. The van der Waals surface area contributed by atoms with Crippen LogP contribution in [0.2, 0.25) is 5.02 Å². The first-order valence-electron chi connectivity index (χ1n) is 5.49. The lowest BCUT2D eigenvalue weighted by Crippen LogP contribution is -2.33. The molecule has 1 amide bonds. The quantitative estimate of drug-likeness (QED) is 0.886. The first-order valence-corrected chi connectivity index (χ1v) is 7.42. The molecule has 5 nitrogen and oxygen atoms in total. The van der Waals surface area contributed by atoms with Crippen molar-refractivity contribution in [3.05, 3.63) is 28.5 Å². The molecule has 0 aromatic heterocycles. The molecule has 0 fully saturated rings. The minimum absolute atomic E-state index is 0.0836. The molecule has 3 N–H and O–H groups in total. The Hall–Kier alpha value is -1.18. The van der Waals surface area contributed by atoms with E-state index in [4.69, 9.17) is 16.7 Å². The Labute approximate surface area is 116 Å². The van der Waals surface area contributed by atoms with Gasteiger partial charge in [-0.05, 0) is 25.5 Å². The summed E-state index contributed by atoms with van der Waals surface area (Å²) in [5, 5.41) is 7.30. The molecule has 1 rings (SSSR count). The lowest BCUT2D eigenvalue weighted by atomic mass is 10.1. The molecule has 0 aliphatic rings. The first-order chi connectivity index (χ1) is 8.66. The monoisotopic (exact) mass is 308 g/mol. The molecule has 0 aliphatic heterocycles. The number of nitrogens with two attached hydrogens (primary N) is 1. The van der Waals surface area contributed by atoms with Crippen LogP contribution in [0.3, 0.4) is 0 Å². The van der Waals surface area contributed by atoms with Gasteiger partial charge in [0.1, 0.15) is 4.90 Å². The Morgan fingerprint density at radius 3 is 2.58 bits per heavy atom. The van der Waals surface area contributed by atoms with Crippen molar-refractivity contribution >= 4 is 27.5 Å². The van der Waals surface area contributed by atoms with Gasteiger partial charge in [0.05, 0.1) is 5.56 Å². The van der Waals surface area contributed by atoms with Crippen LogP contribution in [0.25, 0.3) is 0 Å². The van der Waals surface area contributed by atoms with Crippen molar-refractivity contribution < 1.29 is 17.6 Å². The van der Waals surface area contributed by atoms with Gasteiger partial charge in [-0.15, -0.1) is 0 Å². The van der Waals surface area contributed by atoms with Gasteiger partial charge in [-0.2, -0.15) is 0 Å². The number of hydrogen-bond acceptors (Lipinski definition) is 3. The van der Waals surface area contributed by atoms with Crippen molar-refractivity contribution in [3.63, 3.8) is 0 Å². The number of benzene rings is 1. The molecule has 8 heteroatoms. The summed E-state index contributed by atoms with van der Waals surface area (Å²) in [6, 6.07) is 1.75. The van der Waals surface area contributed by atoms with E-state index in [1.54, 1.807) is 6.92 Å². The van der Waals surface area contributed by atoms with E-state index in [9.17, 15) is 17.6 Å². The summed E-state index contributed by atoms with van der Waals surface area (Å²) in [6.07, 6.45) is 0.649. The maximum atomic E-state index is 14.0. The van der Waals surface area contributed by atoms with Gasteiger partial charge in [0.15, 0.2) is 5.82 Å². The molecule has 1 unspecified atom stereocenters. The predicted octanol–water partition coefficient (Wildman–Crippen LogP) is 1.65. The summed E-state index contributed by atoms with van der Waals surface area (Å²) >= 11 is 5.68. The van der Waals surface area contributed by atoms with E-state index in [0.29, 0.717) is 6.42 Å². The Kier molecular flexibility index (Phi) is 4.89. The van der Waals surface area contributed by atoms with Crippen LogP contribution in [0.15, 0.2) is 17.0 Å². The maximum absolute atomic E-state index is 14.0. The largest absolute Gasteiger partial charge is 0.350 e. The molecule has 1 aromatic carbocycles. The first kappa shape index (κ1) is 15.9. The van der Waals surface area contributed by atoms with Crippen LogP contribution in [-0.4, -0.2) is 20.4 Å². The molecular formula is C11H14ClFN2O3S. The zero-order valence-electron chi connectivity index (χ0n) is 10.4. The maximum Gasteiger partial charge on any atom is 0.254 e. The van der Waals surface area contributed by atoms with E-state index >= 15 is 0 Å². The summed E-state index contributed by atoms with van der Waals surface area (Å²) in [5.74, 6) is -1.94. The standard InChI is InChI=1S/C11H14ClFN2O3S/c1-3-6(2)15-11(16)8-4-7(12)5-9(10(8)13)19(14,17)18/h4-6H,3H2,1-2H3,(H,15,16)(H2,14,17,18). The summed E-state index contributed by atoms with van der Waals surface area (Å²) < 4.78 is 36.4. The van der Waals surface area contributed by atoms with Crippen molar-refractivity contribution in [3.8, 4) is 0 Å². The van der Waals surface area contributed by atoms with Gasteiger partial charge < -0.3 is 5.32 Å². The number of nitrogens with one attached hydrogen (secondary N) is 1. The molecule has 0 bridgehead atoms. The van der Waals surface area contributed by atoms with Gasteiger partial charge in [0, 0.05) is 11.1 Å². The topological polar surface area (TPSA) is 89.3 Å². The fraction of sp³-hybridized carbons (Fsp3) is 0.364. The third kappa shape index (κ3) is 3.89. The van der Waals surface area contributed by atoms with Gasteiger partial charge in [-0.3, -0.25) is 4.79 Å². The molecule has 0 saturated heterocycles. The predicted molar refractivity (Wildman–Crippen MR) is 70.0 cm³/mol. The smallest absolute Gasteiger partial charge is 0.254 e. The van der Waals surface area contributed by atoms with Crippen molar-refractivity contribution in [2.45, 2.75) is 31.2 Å². The van der Waals surface area contributed by atoms with Crippen molar-refractivity contribution in [2.24, 2.45) is 5.14 Å². The van der Waals surface area contributed by atoms with Gasteiger partial charge in [0.25, 0.3) is 5.91 Å². The normalized spacial score (nSPS) is 13.1. The molecule has 1 aromatic rings. The Balaban J connectivity index is 3.30. The second-order valence-corrected chi connectivity index (χ2v) is 6.06. The van der Waals surface area contributed by atoms with E-state index in [-0.39, 0.29) is 11.1 Å². The van der Waals surface area contributed by atoms with Gasteiger partial charge in [0.2, 0.25) is 10.0 Å². The highest BCUT2D eigenvalue weighted by molar-refractivity contribution is 7.89. The lowest BCUT2D eigenvalue weighted by molar-refractivity contribution is 0.0934. The summed E-state index contributed by atoms with van der Waals surface area (Å²) in [7, 11) is -4.29. The molecule has 0 spiro atoms. The highest BCUT2D eigenvalue weighted by Gasteiger charge is 2.23. The van der Waals surface area contributed by atoms with Crippen molar-refractivity contribution in [1.29, 1.82) is 0 Å². The average molecular weight is 309 g/mol. The SMILES string of the molecule is CCC(C)NC(=O)c1cc(Cl)cc(S(N)(=O)=O)c1F. The van der Waals surface area contributed by atoms with E-state index in [1.165, 1.54) is 0 Å². The Morgan fingerprint density at radius 2 is 2.11 bits per heavy atom. The van der Waals surface area contributed by atoms with Crippen LogP contribution in [0.5, 0.6) is 0 Å². The average Bonchev–Trinajstić information content (AvgIpc) is 2.29. The fourth-order valence-corrected chi connectivity index (χ4v) is 2.27. The van der Waals surface area contributed by atoms with Gasteiger partial charge >= 0.3 is 0 Å². The van der Waals surface area contributed by atoms with Crippen LogP contribution in [0.1, 0.15) is 30.6 Å². The number of sulfonamides is 1. The molecular weight excluding hydrogens is 295 g/mol. The minimum atomic E-state index is -4.29. The summed E-state index contributed by atoms with van der Waals surface area (Å²) in [5.41, 5.74) is -0.447. The highest BCUT2D eigenvalue weighted by Crippen LogP contribution is 2.23. The molecule has 106 valence electrons. The molecule has 0 heterocycles. The third-order valence-corrected chi connectivity index (χ3v) is 3.67. The van der Waals surface area contributed by atoms with E-state index in [0.717, 1.165) is 12.1 Å². The summed E-state index contributed by atoms with van der Waals surface area (Å²) in [6.45, 7) is 3.58. The van der Waals surface area contributed by atoms with Crippen molar-refractivity contribution in [2.75, 3.05) is 0 Å². The zero-order chi connectivity index (χ0) is 14.8. The second kappa shape index (κ2) is 5.85.